The van der Waals surface area contributed by atoms with Gasteiger partial charge in [-0.2, -0.15) is 4.68 Å². The first-order valence-corrected chi connectivity index (χ1v) is 7.32. The van der Waals surface area contributed by atoms with Crippen molar-refractivity contribution in [1.82, 2.24) is 20.3 Å². The fourth-order valence-electron chi connectivity index (χ4n) is 2.09. The average Bonchev–Trinajstić information content (AvgIpc) is 2.96. The molecular weight excluding hydrogens is 314 g/mol. The molecule has 3 rings (SSSR count). The van der Waals surface area contributed by atoms with Gasteiger partial charge in [-0.1, -0.05) is 47.1 Å². The maximum absolute atomic E-state index is 12.2. The minimum Gasteiger partial charge on any atom is -0.382 e. The third kappa shape index (κ3) is 3.32. The molecule has 1 aromatic heterocycles. The van der Waals surface area contributed by atoms with E-state index in [2.05, 4.69) is 15.6 Å². The van der Waals surface area contributed by atoms with Gasteiger partial charge in [-0.05, 0) is 29.8 Å². The molecule has 116 valence electrons. The molecule has 0 unspecified atom stereocenters. The summed E-state index contributed by atoms with van der Waals surface area (Å²) in [7, 11) is 0. The third-order valence-electron chi connectivity index (χ3n) is 3.29. The lowest BCUT2D eigenvalue weighted by molar-refractivity contribution is 0.0947. The number of anilines is 1. The van der Waals surface area contributed by atoms with E-state index in [9.17, 15) is 4.79 Å². The molecule has 0 aliphatic heterocycles. The van der Waals surface area contributed by atoms with Gasteiger partial charge >= 0.3 is 0 Å². The summed E-state index contributed by atoms with van der Waals surface area (Å²) < 4.78 is 1.40. The summed E-state index contributed by atoms with van der Waals surface area (Å²) in [5.74, 6) is -0.190. The topological polar surface area (TPSA) is 85.8 Å². The quantitative estimate of drug-likeness (QED) is 0.770. The first-order valence-electron chi connectivity index (χ1n) is 6.94. The minimum atomic E-state index is -0.369. The van der Waals surface area contributed by atoms with E-state index in [-0.39, 0.29) is 17.4 Å². The summed E-state index contributed by atoms with van der Waals surface area (Å²) in [6.07, 6.45) is 0. The normalized spacial score (nSPS) is 10.5. The molecule has 0 fully saturated rings. The van der Waals surface area contributed by atoms with Crippen LogP contribution in [0.1, 0.15) is 16.1 Å². The van der Waals surface area contributed by atoms with Crippen molar-refractivity contribution in [3.05, 3.63) is 70.9 Å². The number of carbonyl (C=O) groups excluding carboxylic acids is 1. The monoisotopic (exact) mass is 327 g/mol. The smallest absolute Gasteiger partial charge is 0.275 e. The Hall–Kier alpha value is -2.86. The highest BCUT2D eigenvalue weighted by Gasteiger charge is 2.18. The summed E-state index contributed by atoms with van der Waals surface area (Å²) in [4.78, 5) is 12.2. The second-order valence-electron chi connectivity index (χ2n) is 4.88. The van der Waals surface area contributed by atoms with Crippen molar-refractivity contribution in [2.45, 2.75) is 6.54 Å². The fourth-order valence-corrected chi connectivity index (χ4v) is 2.21. The molecule has 23 heavy (non-hydrogen) atoms. The Labute approximate surface area is 137 Å². The molecule has 0 radical (unpaired) electrons. The third-order valence-corrected chi connectivity index (χ3v) is 3.54. The number of rotatable bonds is 4. The number of nitrogens with one attached hydrogen (secondary N) is 1. The number of benzene rings is 2. The lowest BCUT2D eigenvalue weighted by atomic mass is 10.2. The molecule has 7 heteroatoms. The lowest BCUT2D eigenvalue weighted by Gasteiger charge is -2.05. The molecule has 0 atom stereocenters. The zero-order chi connectivity index (χ0) is 16.2. The molecule has 0 bridgehead atoms. The van der Waals surface area contributed by atoms with Gasteiger partial charge in [0.2, 0.25) is 0 Å². The van der Waals surface area contributed by atoms with Crippen molar-refractivity contribution in [3.63, 3.8) is 0 Å². The molecule has 0 saturated heterocycles. The number of amides is 1. The molecule has 0 saturated carbocycles. The Kier molecular flexibility index (Phi) is 4.25. The van der Waals surface area contributed by atoms with Crippen LogP contribution in [0.3, 0.4) is 0 Å². The molecule has 3 aromatic rings. The number of halogens is 1. The van der Waals surface area contributed by atoms with Crippen molar-refractivity contribution in [3.8, 4) is 5.69 Å². The van der Waals surface area contributed by atoms with E-state index in [1.807, 2.05) is 30.3 Å². The Balaban J connectivity index is 1.76. The Morgan fingerprint density at radius 3 is 2.52 bits per heavy atom. The number of carbonyl (C=O) groups is 1. The molecule has 0 spiro atoms. The molecular formula is C16H14ClN5O. The van der Waals surface area contributed by atoms with Gasteiger partial charge in [0, 0.05) is 11.6 Å². The first-order chi connectivity index (χ1) is 11.1. The Bertz CT molecular complexity index is 814. The number of hydrogen-bond donors (Lipinski definition) is 2. The molecule has 0 aliphatic carbocycles. The van der Waals surface area contributed by atoms with Gasteiger partial charge in [0.05, 0.1) is 5.69 Å². The van der Waals surface area contributed by atoms with E-state index in [0.29, 0.717) is 17.3 Å². The van der Waals surface area contributed by atoms with E-state index in [0.717, 1.165) is 5.56 Å². The Morgan fingerprint density at radius 2 is 1.83 bits per heavy atom. The molecule has 0 aliphatic rings. The van der Waals surface area contributed by atoms with Gasteiger partial charge in [0.15, 0.2) is 11.5 Å². The summed E-state index contributed by atoms with van der Waals surface area (Å²) in [6.45, 7) is 0.396. The van der Waals surface area contributed by atoms with Crippen LogP contribution in [0.15, 0.2) is 54.6 Å². The maximum Gasteiger partial charge on any atom is 0.275 e. The van der Waals surface area contributed by atoms with Crippen LogP contribution >= 0.6 is 11.6 Å². The number of nitrogen functional groups attached to an aromatic ring is 1. The second kappa shape index (κ2) is 6.50. The fraction of sp³-hybridized carbons (Fsp3) is 0.0625. The van der Waals surface area contributed by atoms with Crippen LogP contribution in [0.4, 0.5) is 5.82 Å². The van der Waals surface area contributed by atoms with Gasteiger partial charge < -0.3 is 11.1 Å². The van der Waals surface area contributed by atoms with Crippen LogP contribution in [-0.2, 0) is 6.54 Å². The first kappa shape index (κ1) is 15.1. The number of nitrogens with zero attached hydrogens (tertiary/aromatic N) is 3. The molecule has 6 nitrogen and oxygen atoms in total. The van der Waals surface area contributed by atoms with Crippen LogP contribution < -0.4 is 11.1 Å². The molecule has 1 amide bonds. The van der Waals surface area contributed by atoms with Crippen LogP contribution in [0.5, 0.6) is 0 Å². The largest absolute Gasteiger partial charge is 0.382 e. The molecule has 3 N–H and O–H groups in total. The Morgan fingerprint density at radius 1 is 1.13 bits per heavy atom. The zero-order valence-corrected chi connectivity index (χ0v) is 12.9. The van der Waals surface area contributed by atoms with Crippen LogP contribution in [0.25, 0.3) is 5.69 Å². The van der Waals surface area contributed by atoms with E-state index in [1.165, 1.54) is 4.68 Å². The van der Waals surface area contributed by atoms with E-state index in [4.69, 9.17) is 17.3 Å². The van der Waals surface area contributed by atoms with Gasteiger partial charge in [-0.3, -0.25) is 4.79 Å². The summed E-state index contributed by atoms with van der Waals surface area (Å²) in [6, 6.07) is 16.5. The molecule has 2 aromatic carbocycles. The van der Waals surface area contributed by atoms with Crippen LogP contribution in [-0.4, -0.2) is 20.9 Å². The number of aromatic nitrogens is 3. The minimum absolute atomic E-state index is 0.0934. The number of hydrogen-bond acceptors (Lipinski definition) is 4. The summed E-state index contributed by atoms with van der Waals surface area (Å²) in [5.41, 5.74) is 7.75. The van der Waals surface area contributed by atoms with E-state index in [1.54, 1.807) is 24.3 Å². The van der Waals surface area contributed by atoms with E-state index >= 15 is 0 Å². The van der Waals surface area contributed by atoms with Gasteiger partial charge in [0.25, 0.3) is 5.91 Å². The summed E-state index contributed by atoms with van der Waals surface area (Å²) >= 11 is 5.85. The predicted molar refractivity (Wildman–Crippen MR) is 88.4 cm³/mol. The van der Waals surface area contributed by atoms with Crippen molar-refractivity contribution in [2.24, 2.45) is 0 Å². The highest BCUT2D eigenvalue weighted by molar-refractivity contribution is 6.30. The van der Waals surface area contributed by atoms with Crippen molar-refractivity contribution < 1.29 is 4.79 Å². The lowest BCUT2D eigenvalue weighted by Crippen LogP contribution is -2.24. The average molecular weight is 328 g/mol. The SMILES string of the molecule is Nc1c(C(=O)NCc2ccccc2)nnn1-c1ccc(Cl)cc1. The highest BCUT2D eigenvalue weighted by atomic mass is 35.5. The van der Waals surface area contributed by atoms with Gasteiger partial charge in [-0.25, -0.2) is 0 Å². The highest BCUT2D eigenvalue weighted by Crippen LogP contribution is 2.17. The van der Waals surface area contributed by atoms with Crippen molar-refractivity contribution >= 4 is 23.3 Å². The second-order valence-corrected chi connectivity index (χ2v) is 5.32. The maximum atomic E-state index is 12.2. The van der Waals surface area contributed by atoms with Crippen LogP contribution in [0, 0.1) is 0 Å². The summed E-state index contributed by atoms with van der Waals surface area (Å²) in [5, 5.41) is 11.2. The van der Waals surface area contributed by atoms with Gasteiger partial charge in [0.1, 0.15) is 0 Å². The number of nitrogens with two attached hydrogens (primary N) is 1. The predicted octanol–water partition coefficient (Wildman–Crippen LogP) is 2.43. The van der Waals surface area contributed by atoms with Gasteiger partial charge in [-0.15, -0.1) is 5.10 Å². The van der Waals surface area contributed by atoms with Crippen molar-refractivity contribution in [2.75, 3.05) is 5.73 Å². The van der Waals surface area contributed by atoms with Crippen LogP contribution in [0.2, 0.25) is 5.02 Å². The molecule has 1 heterocycles. The zero-order valence-electron chi connectivity index (χ0n) is 12.1. The van der Waals surface area contributed by atoms with E-state index < -0.39 is 0 Å². The standard InChI is InChI=1S/C16H14ClN5O/c17-12-6-8-13(9-7-12)22-15(18)14(20-21-22)16(23)19-10-11-4-2-1-3-5-11/h1-9H,10,18H2,(H,19,23). The van der Waals surface area contributed by atoms with Crippen molar-refractivity contribution in [1.29, 1.82) is 0 Å².